The summed E-state index contributed by atoms with van der Waals surface area (Å²) < 4.78 is 7.22. The van der Waals surface area contributed by atoms with Crippen molar-refractivity contribution in [2.45, 2.75) is 13.8 Å². The van der Waals surface area contributed by atoms with Crippen molar-refractivity contribution >= 4 is 28.4 Å². The molecule has 0 atom stereocenters. The van der Waals surface area contributed by atoms with E-state index in [0.29, 0.717) is 27.8 Å². The van der Waals surface area contributed by atoms with Gasteiger partial charge in [-0.3, -0.25) is 0 Å². The number of halogens is 1. The smallest absolute Gasteiger partial charge is 0.324 e. The van der Waals surface area contributed by atoms with E-state index in [1.165, 1.54) is 0 Å². The fraction of sp³-hybridized carbons (Fsp3) is 0.167. The SMILES string of the molecule is Cc1nn(-c2nc3c(N)cccc3o2)c(C)c1Cl. The minimum atomic E-state index is 0.371. The van der Waals surface area contributed by atoms with Gasteiger partial charge in [-0.25, -0.2) is 0 Å². The molecule has 5 nitrogen and oxygen atoms in total. The summed E-state index contributed by atoms with van der Waals surface area (Å²) in [4.78, 5) is 4.35. The number of nitrogens with two attached hydrogens (primary N) is 1. The number of aromatic nitrogens is 3. The first-order valence-corrected chi connectivity index (χ1v) is 5.83. The quantitative estimate of drug-likeness (QED) is 0.685. The van der Waals surface area contributed by atoms with E-state index in [0.717, 1.165) is 11.4 Å². The summed E-state index contributed by atoms with van der Waals surface area (Å²) in [5.74, 6) is 0. The average molecular weight is 263 g/mol. The minimum Gasteiger partial charge on any atom is -0.422 e. The lowest BCUT2D eigenvalue weighted by molar-refractivity contribution is 0.537. The van der Waals surface area contributed by atoms with Crippen molar-refractivity contribution in [3.63, 3.8) is 0 Å². The molecule has 0 aliphatic rings. The molecular weight excluding hydrogens is 252 g/mol. The van der Waals surface area contributed by atoms with Crippen LogP contribution in [0.5, 0.6) is 0 Å². The number of benzene rings is 1. The molecule has 2 aromatic heterocycles. The lowest BCUT2D eigenvalue weighted by Crippen LogP contribution is -1.99. The third-order valence-corrected chi connectivity index (χ3v) is 3.37. The highest BCUT2D eigenvalue weighted by Gasteiger charge is 2.16. The maximum absolute atomic E-state index is 6.10. The van der Waals surface area contributed by atoms with Gasteiger partial charge in [0.1, 0.15) is 5.52 Å². The first-order valence-electron chi connectivity index (χ1n) is 5.45. The number of para-hydroxylation sites is 1. The molecule has 0 unspecified atom stereocenters. The molecule has 0 spiro atoms. The van der Waals surface area contributed by atoms with Crippen molar-refractivity contribution in [3.05, 3.63) is 34.6 Å². The van der Waals surface area contributed by atoms with Crippen LogP contribution in [0.2, 0.25) is 5.02 Å². The van der Waals surface area contributed by atoms with Gasteiger partial charge in [-0.1, -0.05) is 17.7 Å². The van der Waals surface area contributed by atoms with Gasteiger partial charge >= 0.3 is 6.01 Å². The molecule has 0 saturated heterocycles. The molecule has 3 rings (SSSR count). The summed E-state index contributed by atoms with van der Waals surface area (Å²) in [7, 11) is 0. The van der Waals surface area contributed by atoms with E-state index in [2.05, 4.69) is 10.1 Å². The number of oxazole rings is 1. The van der Waals surface area contributed by atoms with Crippen LogP contribution in [0, 0.1) is 13.8 Å². The predicted octanol–water partition coefficient (Wildman–Crippen LogP) is 2.87. The van der Waals surface area contributed by atoms with Gasteiger partial charge < -0.3 is 10.2 Å². The topological polar surface area (TPSA) is 69.9 Å². The highest BCUT2D eigenvalue weighted by Crippen LogP contribution is 2.26. The van der Waals surface area contributed by atoms with Crippen LogP contribution in [-0.4, -0.2) is 14.8 Å². The lowest BCUT2D eigenvalue weighted by atomic mass is 10.3. The zero-order valence-corrected chi connectivity index (χ0v) is 10.7. The van der Waals surface area contributed by atoms with Crippen LogP contribution < -0.4 is 5.73 Å². The zero-order chi connectivity index (χ0) is 12.9. The van der Waals surface area contributed by atoms with Crippen LogP contribution in [0.4, 0.5) is 5.69 Å². The van der Waals surface area contributed by atoms with Crippen molar-refractivity contribution in [1.82, 2.24) is 14.8 Å². The van der Waals surface area contributed by atoms with Gasteiger partial charge in [0.2, 0.25) is 0 Å². The maximum atomic E-state index is 6.10. The molecule has 0 bridgehead atoms. The normalized spacial score (nSPS) is 11.3. The molecule has 18 heavy (non-hydrogen) atoms. The summed E-state index contributed by atoms with van der Waals surface area (Å²) in [6.45, 7) is 3.70. The van der Waals surface area contributed by atoms with Crippen molar-refractivity contribution in [2.75, 3.05) is 5.73 Å². The molecule has 0 aliphatic carbocycles. The molecule has 92 valence electrons. The summed E-state index contributed by atoms with van der Waals surface area (Å²) in [6.07, 6.45) is 0. The van der Waals surface area contributed by atoms with Crippen molar-refractivity contribution < 1.29 is 4.42 Å². The Morgan fingerprint density at radius 1 is 1.33 bits per heavy atom. The first kappa shape index (κ1) is 11.1. The maximum Gasteiger partial charge on any atom is 0.324 e. The first-order chi connectivity index (χ1) is 8.58. The number of nitrogen functional groups attached to an aromatic ring is 1. The predicted molar refractivity (Wildman–Crippen MR) is 70.0 cm³/mol. The molecule has 3 aromatic rings. The van der Waals surface area contributed by atoms with Gasteiger partial charge in [-0.05, 0) is 26.0 Å². The van der Waals surface area contributed by atoms with Gasteiger partial charge in [0.25, 0.3) is 0 Å². The second-order valence-corrected chi connectivity index (χ2v) is 4.46. The van der Waals surface area contributed by atoms with E-state index < -0.39 is 0 Å². The lowest BCUT2D eigenvalue weighted by Gasteiger charge is -1.95. The van der Waals surface area contributed by atoms with Crippen LogP contribution in [0.25, 0.3) is 17.1 Å². The Morgan fingerprint density at radius 2 is 2.11 bits per heavy atom. The molecule has 0 radical (unpaired) electrons. The highest BCUT2D eigenvalue weighted by atomic mass is 35.5. The Kier molecular flexibility index (Phi) is 2.31. The van der Waals surface area contributed by atoms with Gasteiger partial charge in [0, 0.05) is 0 Å². The van der Waals surface area contributed by atoms with Crippen LogP contribution in [0.1, 0.15) is 11.4 Å². The van der Waals surface area contributed by atoms with Crippen molar-refractivity contribution in [1.29, 1.82) is 0 Å². The Balaban J connectivity index is 2.26. The van der Waals surface area contributed by atoms with Gasteiger partial charge in [0.05, 0.1) is 22.1 Å². The Hall–Kier alpha value is -2.01. The van der Waals surface area contributed by atoms with E-state index in [4.69, 9.17) is 21.8 Å². The molecule has 6 heteroatoms. The molecular formula is C12H11ClN4O. The third-order valence-electron chi connectivity index (χ3n) is 2.82. The summed E-state index contributed by atoms with van der Waals surface area (Å²) in [6, 6.07) is 5.79. The molecule has 0 aliphatic heterocycles. The van der Waals surface area contributed by atoms with Crippen molar-refractivity contribution in [2.24, 2.45) is 0 Å². The Bertz CT molecular complexity index is 744. The van der Waals surface area contributed by atoms with Gasteiger partial charge in [-0.2, -0.15) is 14.8 Å². The van der Waals surface area contributed by atoms with Gasteiger partial charge in [-0.15, -0.1) is 0 Å². The van der Waals surface area contributed by atoms with E-state index in [1.54, 1.807) is 10.7 Å². The van der Waals surface area contributed by atoms with Gasteiger partial charge in [0.15, 0.2) is 5.58 Å². The number of aryl methyl sites for hydroxylation is 1. The number of nitrogens with zero attached hydrogens (tertiary/aromatic N) is 3. The largest absolute Gasteiger partial charge is 0.422 e. The van der Waals surface area contributed by atoms with Crippen LogP contribution in [0.3, 0.4) is 0 Å². The minimum absolute atomic E-state index is 0.371. The monoisotopic (exact) mass is 262 g/mol. The van der Waals surface area contributed by atoms with E-state index >= 15 is 0 Å². The van der Waals surface area contributed by atoms with Crippen LogP contribution >= 0.6 is 11.6 Å². The van der Waals surface area contributed by atoms with E-state index in [1.807, 2.05) is 26.0 Å². The zero-order valence-electron chi connectivity index (χ0n) is 9.94. The third kappa shape index (κ3) is 1.48. The number of rotatable bonds is 1. The Morgan fingerprint density at radius 3 is 2.72 bits per heavy atom. The van der Waals surface area contributed by atoms with E-state index in [9.17, 15) is 0 Å². The standard InChI is InChI=1S/C12H11ClN4O/c1-6-10(13)7(2)17(16-6)12-15-11-8(14)4-3-5-9(11)18-12/h3-5H,14H2,1-2H3. The van der Waals surface area contributed by atoms with Crippen LogP contribution in [-0.2, 0) is 0 Å². The fourth-order valence-electron chi connectivity index (χ4n) is 1.86. The summed E-state index contributed by atoms with van der Waals surface area (Å²) >= 11 is 6.10. The highest BCUT2D eigenvalue weighted by molar-refractivity contribution is 6.31. The van der Waals surface area contributed by atoms with E-state index in [-0.39, 0.29) is 0 Å². The molecule has 2 heterocycles. The summed E-state index contributed by atoms with van der Waals surface area (Å²) in [5, 5.41) is 4.91. The number of hydrogen-bond donors (Lipinski definition) is 1. The number of anilines is 1. The number of fused-ring (bicyclic) bond motifs is 1. The second-order valence-electron chi connectivity index (χ2n) is 4.09. The van der Waals surface area contributed by atoms with Crippen molar-refractivity contribution in [3.8, 4) is 6.01 Å². The second kappa shape index (κ2) is 3.74. The number of hydrogen-bond acceptors (Lipinski definition) is 4. The molecule has 0 amide bonds. The summed E-state index contributed by atoms with van der Waals surface area (Å²) in [5.41, 5.74) is 9.22. The molecule has 1 aromatic carbocycles. The molecule has 0 fully saturated rings. The molecule has 2 N–H and O–H groups in total. The average Bonchev–Trinajstić information content (AvgIpc) is 2.88. The Labute approximate surface area is 108 Å². The van der Waals surface area contributed by atoms with Crippen LogP contribution in [0.15, 0.2) is 22.6 Å². The molecule has 0 saturated carbocycles. The fourth-order valence-corrected chi connectivity index (χ4v) is 1.98.